The second-order valence-electron chi connectivity index (χ2n) is 6.61. The molecule has 0 saturated heterocycles. The zero-order chi connectivity index (χ0) is 19.1. The molecule has 1 unspecified atom stereocenters. The standard InChI is InChI=1S/C22H16Cl2FNO/c1-13(23)12-26-19-10-9-14-5-2-3-6-15(14)21(19)16(11-20(26)27)22-17(24)7-4-8-18(22)25/h2-10,16H,1,11-12H2. The van der Waals surface area contributed by atoms with E-state index in [0.717, 1.165) is 22.0 Å². The molecule has 1 atom stereocenters. The van der Waals surface area contributed by atoms with Gasteiger partial charge in [0.15, 0.2) is 0 Å². The molecule has 1 aliphatic rings. The van der Waals surface area contributed by atoms with Crippen LogP contribution in [-0.4, -0.2) is 12.5 Å². The van der Waals surface area contributed by atoms with Crippen molar-refractivity contribution in [2.24, 2.45) is 0 Å². The highest BCUT2D eigenvalue weighted by Crippen LogP contribution is 2.46. The average molecular weight is 400 g/mol. The Hall–Kier alpha value is -2.36. The van der Waals surface area contributed by atoms with Crippen molar-refractivity contribution in [3.05, 3.63) is 88.2 Å². The van der Waals surface area contributed by atoms with Gasteiger partial charge in [-0.05, 0) is 34.5 Å². The van der Waals surface area contributed by atoms with Crippen molar-refractivity contribution >= 4 is 45.6 Å². The minimum atomic E-state index is -0.466. The molecule has 0 aliphatic carbocycles. The van der Waals surface area contributed by atoms with Crippen LogP contribution in [0, 0.1) is 5.82 Å². The van der Waals surface area contributed by atoms with Gasteiger partial charge in [0.2, 0.25) is 5.91 Å². The summed E-state index contributed by atoms with van der Waals surface area (Å²) < 4.78 is 14.7. The Morgan fingerprint density at radius 2 is 1.89 bits per heavy atom. The van der Waals surface area contributed by atoms with E-state index < -0.39 is 11.7 Å². The number of nitrogens with zero attached hydrogens (tertiary/aromatic N) is 1. The van der Waals surface area contributed by atoms with E-state index in [1.54, 1.807) is 17.0 Å². The van der Waals surface area contributed by atoms with Gasteiger partial charge in [0.1, 0.15) is 5.82 Å². The van der Waals surface area contributed by atoms with Gasteiger partial charge in [0, 0.05) is 33.6 Å². The zero-order valence-corrected chi connectivity index (χ0v) is 15.9. The SMILES string of the molecule is C=C(Cl)CN1C(=O)CC(c2c(F)cccc2Cl)c2c1ccc1ccccc21. The van der Waals surface area contributed by atoms with Gasteiger partial charge in [-0.1, -0.05) is 66.2 Å². The molecular formula is C22H16Cl2FNO. The van der Waals surface area contributed by atoms with Crippen molar-refractivity contribution in [3.63, 3.8) is 0 Å². The Bertz CT molecular complexity index is 1060. The summed E-state index contributed by atoms with van der Waals surface area (Å²) in [5.74, 6) is -1.01. The first-order chi connectivity index (χ1) is 13.0. The summed E-state index contributed by atoms with van der Waals surface area (Å²) in [4.78, 5) is 14.5. The number of amides is 1. The molecule has 2 nitrogen and oxygen atoms in total. The van der Waals surface area contributed by atoms with Crippen LogP contribution in [0.4, 0.5) is 10.1 Å². The molecule has 0 N–H and O–H groups in total. The molecule has 0 bridgehead atoms. The normalized spacial score (nSPS) is 16.5. The third kappa shape index (κ3) is 3.11. The fourth-order valence-electron chi connectivity index (χ4n) is 3.84. The van der Waals surface area contributed by atoms with E-state index in [1.165, 1.54) is 6.07 Å². The largest absolute Gasteiger partial charge is 0.307 e. The number of fused-ring (bicyclic) bond motifs is 3. The first kappa shape index (κ1) is 18.0. The van der Waals surface area contributed by atoms with Crippen LogP contribution in [0.25, 0.3) is 10.8 Å². The van der Waals surface area contributed by atoms with Gasteiger partial charge < -0.3 is 4.90 Å². The lowest BCUT2D eigenvalue weighted by Crippen LogP contribution is -2.38. The molecule has 1 heterocycles. The van der Waals surface area contributed by atoms with Crippen molar-refractivity contribution in [2.45, 2.75) is 12.3 Å². The van der Waals surface area contributed by atoms with Crippen LogP contribution < -0.4 is 4.90 Å². The Morgan fingerprint density at radius 3 is 2.63 bits per heavy atom. The fraction of sp³-hybridized carbons (Fsp3) is 0.136. The van der Waals surface area contributed by atoms with Crippen molar-refractivity contribution in [2.75, 3.05) is 11.4 Å². The maximum absolute atomic E-state index is 14.7. The van der Waals surface area contributed by atoms with Crippen LogP contribution in [0.15, 0.2) is 66.2 Å². The smallest absolute Gasteiger partial charge is 0.228 e. The summed E-state index contributed by atoms with van der Waals surface area (Å²) in [6.45, 7) is 3.93. The van der Waals surface area contributed by atoms with E-state index in [2.05, 4.69) is 6.58 Å². The number of rotatable bonds is 3. The number of hydrogen-bond acceptors (Lipinski definition) is 1. The van der Waals surface area contributed by atoms with Crippen LogP contribution in [0.3, 0.4) is 0 Å². The molecule has 0 saturated carbocycles. The van der Waals surface area contributed by atoms with Crippen LogP contribution in [0.2, 0.25) is 5.02 Å². The first-order valence-corrected chi connectivity index (χ1v) is 9.32. The molecule has 0 spiro atoms. The third-order valence-electron chi connectivity index (χ3n) is 4.94. The minimum Gasteiger partial charge on any atom is -0.307 e. The molecule has 27 heavy (non-hydrogen) atoms. The Kier molecular flexibility index (Phi) is 4.67. The lowest BCUT2D eigenvalue weighted by Gasteiger charge is -2.35. The van der Waals surface area contributed by atoms with E-state index in [0.29, 0.717) is 15.6 Å². The van der Waals surface area contributed by atoms with Gasteiger partial charge in [-0.15, -0.1) is 0 Å². The number of halogens is 3. The predicted molar refractivity (Wildman–Crippen MR) is 109 cm³/mol. The first-order valence-electron chi connectivity index (χ1n) is 8.56. The number of carbonyl (C=O) groups is 1. The van der Waals surface area contributed by atoms with Gasteiger partial charge >= 0.3 is 0 Å². The van der Waals surface area contributed by atoms with E-state index >= 15 is 0 Å². The highest BCUT2D eigenvalue weighted by molar-refractivity contribution is 6.31. The van der Waals surface area contributed by atoms with Crippen LogP contribution >= 0.6 is 23.2 Å². The lowest BCUT2D eigenvalue weighted by molar-refractivity contribution is -0.119. The number of carbonyl (C=O) groups excluding carboxylic acids is 1. The van der Waals surface area contributed by atoms with Crippen molar-refractivity contribution in [1.29, 1.82) is 0 Å². The molecule has 0 aromatic heterocycles. The Morgan fingerprint density at radius 1 is 1.11 bits per heavy atom. The second-order valence-corrected chi connectivity index (χ2v) is 7.55. The fourth-order valence-corrected chi connectivity index (χ4v) is 4.26. The minimum absolute atomic E-state index is 0.117. The van der Waals surface area contributed by atoms with Crippen LogP contribution in [-0.2, 0) is 4.79 Å². The summed E-state index contributed by atoms with van der Waals surface area (Å²) in [6.07, 6.45) is 0.117. The van der Waals surface area contributed by atoms with E-state index in [-0.39, 0.29) is 18.9 Å². The van der Waals surface area contributed by atoms with Gasteiger partial charge in [-0.2, -0.15) is 0 Å². The summed E-state index contributed by atoms with van der Waals surface area (Å²) in [7, 11) is 0. The summed E-state index contributed by atoms with van der Waals surface area (Å²) in [5, 5.41) is 2.68. The molecule has 0 radical (unpaired) electrons. The van der Waals surface area contributed by atoms with Gasteiger partial charge in [0.05, 0.1) is 6.54 Å². The number of anilines is 1. The predicted octanol–water partition coefficient (Wildman–Crippen LogP) is 6.25. The van der Waals surface area contributed by atoms with Crippen molar-refractivity contribution in [3.8, 4) is 0 Å². The Labute approximate surface area is 166 Å². The lowest BCUT2D eigenvalue weighted by atomic mass is 9.81. The van der Waals surface area contributed by atoms with Crippen LogP contribution in [0.5, 0.6) is 0 Å². The summed E-state index contributed by atoms with van der Waals surface area (Å²) in [6, 6.07) is 16.3. The molecule has 136 valence electrons. The molecule has 3 aromatic carbocycles. The highest BCUT2D eigenvalue weighted by Gasteiger charge is 2.35. The van der Waals surface area contributed by atoms with E-state index in [1.807, 2.05) is 36.4 Å². The zero-order valence-electron chi connectivity index (χ0n) is 14.4. The number of benzene rings is 3. The maximum Gasteiger partial charge on any atom is 0.228 e. The van der Waals surface area contributed by atoms with Crippen molar-refractivity contribution in [1.82, 2.24) is 0 Å². The van der Waals surface area contributed by atoms with E-state index in [9.17, 15) is 9.18 Å². The highest BCUT2D eigenvalue weighted by atomic mass is 35.5. The number of hydrogen-bond donors (Lipinski definition) is 0. The summed E-state index contributed by atoms with van der Waals surface area (Å²) in [5.41, 5.74) is 1.96. The molecule has 1 aliphatic heterocycles. The second kappa shape index (κ2) is 6.99. The molecule has 1 amide bonds. The molecule has 0 fully saturated rings. The Balaban J connectivity index is 2.02. The van der Waals surface area contributed by atoms with Gasteiger partial charge in [0.25, 0.3) is 0 Å². The average Bonchev–Trinajstić information content (AvgIpc) is 2.63. The van der Waals surface area contributed by atoms with Gasteiger partial charge in [-0.25, -0.2) is 4.39 Å². The van der Waals surface area contributed by atoms with Crippen LogP contribution in [0.1, 0.15) is 23.5 Å². The summed E-state index contributed by atoms with van der Waals surface area (Å²) >= 11 is 12.3. The molecule has 3 aromatic rings. The monoisotopic (exact) mass is 399 g/mol. The molecule has 5 heteroatoms. The van der Waals surface area contributed by atoms with Gasteiger partial charge in [-0.3, -0.25) is 4.79 Å². The third-order valence-corrected chi connectivity index (χ3v) is 5.39. The van der Waals surface area contributed by atoms with E-state index in [4.69, 9.17) is 23.2 Å². The molecule has 4 rings (SSSR count). The quantitative estimate of drug-likeness (QED) is 0.509. The topological polar surface area (TPSA) is 20.3 Å². The van der Waals surface area contributed by atoms with Crippen molar-refractivity contribution < 1.29 is 9.18 Å². The molecular weight excluding hydrogens is 384 g/mol. The maximum atomic E-state index is 14.7.